The van der Waals surface area contributed by atoms with Gasteiger partial charge in [-0.15, -0.1) is 0 Å². The minimum Gasteiger partial charge on any atom is -0.468 e. The lowest BCUT2D eigenvalue weighted by atomic mass is 9.86. The molecule has 0 unspecified atom stereocenters. The van der Waals surface area contributed by atoms with Crippen LogP contribution in [0.1, 0.15) is 19.4 Å². The van der Waals surface area contributed by atoms with Crippen LogP contribution in [-0.2, 0) is 19.7 Å². The first-order valence-corrected chi connectivity index (χ1v) is 8.97. The highest BCUT2D eigenvalue weighted by molar-refractivity contribution is 6.33. The van der Waals surface area contributed by atoms with Crippen LogP contribution in [0.2, 0.25) is 5.02 Å². The number of nitrogens with zero attached hydrogens (tertiary/aromatic N) is 1. The number of ether oxygens (including phenoxy) is 1. The van der Waals surface area contributed by atoms with Gasteiger partial charge in [0.1, 0.15) is 6.54 Å². The molecule has 0 aromatic heterocycles. The summed E-state index contributed by atoms with van der Waals surface area (Å²) in [4.78, 5) is 38.1. The minimum atomic E-state index is -0.833. The van der Waals surface area contributed by atoms with Crippen molar-refractivity contribution in [1.29, 1.82) is 0 Å². The van der Waals surface area contributed by atoms with Gasteiger partial charge in [0.05, 0.1) is 23.2 Å². The van der Waals surface area contributed by atoms with Crippen LogP contribution in [0.15, 0.2) is 42.5 Å². The number of benzene rings is 2. The van der Waals surface area contributed by atoms with Gasteiger partial charge in [-0.3, -0.25) is 9.59 Å². The number of hydrogen-bond donors (Lipinski definition) is 2. The molecular weight excluding hydrogens is 382 g/mol. The first-order valence-electron chi connectivity index (χ1n) is 8.60. The minimum absolute atomic E-state index is 0.161. The highest BCUT2D eigenvalue weighted by atomic mass is 35.5. The molecule has 8 heteroatoms. The van der Waals surface area contributed by atoms with Crippen molar-refractivity contribution in [2.45, 2.75) is 19.3 Å². The van der Waals surface area contributed by atoms with Crippen molar-refractivity contribution >= 4 is 46.6 Å². The van der Waals surface area contributed by atoms with Crippen LogP contribution in [0.3, 0.4) is 0 Å². The van der Waals surface area contributed by atoms with E-state index in [1.807, 2.05) is 0 Å². The molecular formula is C20H20ClN3O4. The Morgan fingerprint density at radius 1 is 1.14 bits per heavy atom. The molecule has 3 amide bonds. The second-order valence-electron chi connectivity index (χ2n) is 6.88. The molecule has 0 aliphatic carbocycles. The van der Waals surface area contributed by atoms with Crippen LogP contribution in [0.25, 0.3) is 0 Å². The lowest BCUT2D eigenvalue weighted by Crippen LogP contribution is -2.39. The van der Waals surface area contributed by atoms with Crippen LogP contribution in [0.4, 0.5) is 21.9 Å². The van der Waals surface area contributed by atoms with Crippen molar-refractivity contribution in [3.05, 3.63) is 53.1 Å². The van der Waals surface area contributed by atoms with Crippen molar-refractivity contribution in [2.24, 2.45) is 0 Å². The maximum atomic E-state index is 12.8. The van der Waals surface area contributed by atoms with Crippen LogP contribution in [0.5, 0.6) is 0 Å². The van der Waals surface area contributed by atoms with E-state index in [4.69, 9.17) is 11.6 Å². The molecule has 2 N–H and O–H groups in total. The van der Waals surface area contributed by atoms with E-state index in [2.05, 4.69) is 15.4 Å². The number of methoxy groups -OCH3 is 1. The molecule has 0 atom stereocenters. The van der Waals surface area contributed by atoms with Crippen molar-refractivity contribution in [2.75, 3.05) is 29.2 Å². The van der Waals surface area contributed by atoms with Crippen LogP contribution < -0.4 is 15.5 Å². The van der Waals surface area contributed by atoms with E-state index in [1.54, 1.807) is 56.3 Å². The number of para-hydroxylation sites is 1. The molecule has 2 aromatic carbocycles. The Morgan fingerprint density at radius 3 is 2.54 bits per heavy atom. The number of halogens is 1. The fourth-order valence-electron chi connectivity index (χ4n) is 3.11. The quantitative estimate of drug-likeness (QED) is 0.763. The largest absolute Gasteiger partial charge is 0.468 e. The number of fused-ring (bicyclic) bond motifs is 1. The van der Waals surface area contributed by atoms with E-state index in [0.29, 0.717) is 22.1 Å². The molecule has 7 nitrogen and oxygen atoms in total. The van der Waals surface area contributed by atoms with Gasteiger partial charge in [0.15, 0.2) is 0 Å². The summed E-state index contributed by atoms with van der Waals surface area (Å²) >= 11 is 6.05. The first-order chi connectivity index (χ1) is 13.2. The monoisotopic (exact) mass is 401 g/mol. The van der Waals surface area contributed by atoms with Crippen molar-refractivity contribution in [3.8, 4) is 0 Å². The van der Waals surface area contributed by atoms with Gasteiger partial charge >= 0.3 is 12.0 Å². The summed E-state index contributed by atoms with van der Waals surface area (Å²) in [5.41, 5.74) is 1.52. The zero-order chi connectivity index (χ0) is 20.5. The van der Waals surface area contributed by atoms with E-state index in [-0.39, 0.29) is 12.5 Å². The van der Waals surface area contributed by atoms with E-state index in [1.165, 1.54) is 12.0 Å². The molecule has 3 rings (SSSR count). The summed E-state index contributed by atoms with van der Waals surface area (Å²) in [5, 5.41) is 5.84. The molecule has 1 aliphatic rings. The van der Waals surface area contributed by atoms with Gasteiger partial charge in [-0.2, -0.15) is 0 Å². The second-order valence-corrected chi connectivity index (χ2v) is 7.29. The summed E-state index contributed by atoms with van der Waals surface area (Å²) in [6.07, 6.45) is 0. The molecule has 1 aliphatic heterocycles. The normalized spacial score (nSPS) is 14.4. The van der Waals surface area contributed by atoms with Crippen LogP contribution in [-0.4, -0.2) is 31.6 Å². The molecule has 0 bridgehead atoms. The predicted octanol–water partition coefficient (Wildman–Crippen LogP) is 3.78. The number of rotatable bonds is 4. The Morgan fingerprint density at radius 2 is 1.86 bits per heavy atom. The van der Waals surface area contributed by atoms with Gasteiger partial charge in [-0.25, -0.2) is 4.79 Å². The number of carbonyl (C=O) groups excluding carboxylic acids is 3. The number of carbonyl (C=O) groups is 3. The lowest BCUT2D eigenvalue weighted by molar-refractivity contribution is -0.140. The van der Waals surface area contributed by atoms with Gasteiger partial charge in [0.2, 0.25) is 5.91 Å². The zero-order valence-electron chi connectivity index (χ0n) is 15.7. The van der Waals surface area contributed by atoms with Gasteiger partial charge in [0.25, 0.3) is 0 Å². The number of hydrogen-bond acceptors (Lipinski definition) is 4. The molecule has 28 heavy (non-hydrogen) atoms. The number of esters is 1. The van der Waals surface area contributed by atoms with Gasteiger partial charge in [-0.1, -0.05) is 23.7 Å². The summed E-state index contributed by atoms with van der Waals surface area (Å²) in [6, 6.07) is 11.6. The Hall–Kier alpha value is -3.06. The highest BCUT2D eigenvalue weighted by Crippen LogP contribution is 2.42. The van der Waals surface area contributed by atoms with E-state index in [0.717, 1.165) is 5.56 Å². The van der Waals surface area contributed by atoms with Crippen molar-refractivity contribution < 1.29 is 19.1 Å². The third-order valence-electron chi connectivity index (χ3n) is 4.64. The second kappa shape index (κ2) is 7.52. The van der Waals surface area contributed by atoms with E-state index >= 15 is 0 Å². The Bertz CT molecular complexity index is 958. The maximum Gasteiger partial charge on any atom is 0.325 e. The number of anilines is 3. The summed E-state index contributed by atoms with van der Waals surface area (Å²) in [5.74, 6) is -0.705. The summed E-state index contributed by atoms with van der Waals surface area (Å²) in [7, 11) is 1.28. The number of urea groups is 1. The molecule has 0 fully saturated rings. The van der Waals surface area contributed by atoms with E-state index in [9.17, 15) is 14.4 Å². The zero-order valence-corrected chi connectivity index (χ0v) is 16.5. The van der Waals surface area contributed by atoms with Gasteiger partial charge < -0.3 is 20.3 Å². The molecule has 0 radical (unpaired) electrons. The lowest BCUT2D eigenvalue weighted by Gasteiger charge is -2.19. The molecule has 2 aromatic rings. The fourth-order valence-corrected chi connectivity index (χ4v) is 3.29. The standard InChI is InChI=1S/C20H20ClN3O4/c1-20(2)13-10-12(22-19(27)23-15-7-5-4-6-14(15)21)8-9-16(13)24(18(20)26)11-17(25)28-3/h4-10H,11H2,1-3H3,(H2,22,23,27). The van der Waals surface area contributed by atoms with Crippen LogP contribution in [0, 0.1) is 0 Å². The third-order valence-corrected chi connectivity index (χ3v) is 4.96. The first kappa shape index (κ1) is 19.7. The average Bonchev–Trinajstić information content (AvgIpc) is 2.84. The molecule has 1 heterocycles. The Balaban J connectivity index is 1.82. The van der Waals surface area contributed by atoms with Gasteiger partial charge in [-0.05, 0) is 49.7 Å². The fraction of sp³-hybridized carbons (Fsp3) is 0.250. The molecule has 0 spiro atoms. The Kier molecular flexibility index (Phi) is 5.29. The molecule has 0 saturated heterocycles. The number of nitrogens with one attached hydrogen (secondary N) is 2. The SMILES string of the molecule is COC(=O)CN1C(=O)C(C)(C)c2cc(NC(=O)Nc3ccccc3Cl)ccc21. The van der Waals surface area contributed by atoms with Crippen molar-refractivity contribution in [1.82, 2.24) is 0 Å². The number of amides is 3. The average molecular weight is 402 g/mol. The maximum absolute atomic E-state index is 12.8. The Labute approximate surface area is 167 Å². The van der Waals surface area contributed by atoms with Gasteiger partial charge in [0, 0.05) is 11.4 Å². The highest BCUT2D eigenvalue weighted by Gasteiger charge is 2.44. The predicted molar refractivity (Wildman–Crippen MR) is 108 cm³/mol. The summed E-state index contributed by atoms with van der Waals surface area (Å²) < 4.78 is 4.68. The summed E-state index contributed by atoms with van der Waals surface area (Å²) in [6.45, 7) is 3.39. The molecule has 0 saturated carbocycles. The van der Waals surface area contributed by atoms with E-state index < -0.39 is 17.4 Å². The smallest absolute Gasteiger partial charge is 0.325 e. The topological polar surface area (TPSA) is 87.7 Å². The molecule has 146 valence electrons. The van der Waals surface area contributed by atoms with Crippen LogP contribution >= 0.6 is 11.6 Å². The van der Waals surface area contributed by atoms with Crippen molar-refractivity contribution in [3.63, 3.8) is 0 Å². The third kappa shape index (κ3) is 3.66.